The minimum Gasteiger partial charge on any atom is -0.489 e. The quantitative estimate of drug-likeness (QED) is 0.554. The van der Waals surface area contributed by atoms with E-state index in [0.29, 0.717) is 24.7 Å². The molecular weight excluding hydrogens is 380 g/mol. The van der Waals surface area contributed by atoms with Crippen LogP contribution in [0.25, 0.3) is 0 Å². The smallest absolute Gasteiger partial charge is 0.341 e. The van der Waals surface area contributed by atoms with E-state index in [1.54, 1.807) is 6.07 Å². The van der Waals surface area contributed by atoms with Gasteiger partial charge >= 0.3 is 5.97 Å². The Bertz CT molecular complexity index is 932. The van der Waals surface area contributed by atoms with Crippen LogP contribution in [0.15, 0.2) is 78.9 Å². The number of carboxylic acid groups (broad SMARTS) is 1. The third kappa shape index (κ3) is 4.63. The molecule has 3 aromatic carbocycles. The zero-order valence-corrected chi connectivity index (χ0v) is 16.6. The molecule has 0 radical (unpaired) electrons. The highest BCUT2D eigenvalue weighted by Gasteiger charge is 2.27. The van der Waals surface area contributed by atoms with E-state index < -0.39 is 5.97 Å². The largest absolute Gasteiger partial charge is 0.489 e. The number of rotatable bonds is 9. The lowest BCUT2D eigenvalue weighted by atomic mass is 9.97. The standard InChI is InChI=1S/C25H24O5/c26-23(27)17-29-22-13-7-12-21-20(16-30-25(21)22)14-15-28-24(18-8-3-1-4-9-18)19-10-5-2-6-11-19/h1-13,20,24H,14-17H2,(H,26,27). The molecule has 0 aromatic heterocycles. The minimum absolute atomic E-state index is 0.126. The van der Waals surface area contributed by atoms with Crippen molar-refractivity contribution >= 4 is 5.97 Å². The Balaban J connectivity index is 1.43. The van der Waals surface area contributed by atoms with E-state index in [-0.39, 0.29) is 18.6 Å². The highest BCUT2D eigenvalue weighted by molar-refractivity contribution is 5.68. The molecule has 0 saturated carbocycles. The van der Waals surface area contributed by atoms with Crippen LogP contribution in [0.3, 0.4) is 0 Å². The molecule has 1 heterocycles. The van der Waals surface area contributed by atoms with Crippen LogP contribution in [-0.2, 0) is 9.53 Å². The lowest BCUT2D eigenvalue weighted by molar-refractivity contribution is -0.139. The van der Waals surface area contributed by atoms with Gasteiger partial charge in [-0.1, -0.05) is 72.8 Å². The van der Waals surface area contributed by atoms with Crippen LogP contribution in [0.4, 0.5) is 0 Å². The van der Waals surface area contributed by atoms with Gasteiger partial charge in [-0.05, 0) is 23.6 Å². The molecule has 30 heavy (non-hydrogen) atoms. The van der Waals surface area contributed by atoms with Crippen LogP contribution in [0.2, 0.25) is 0 Å². The van der Waals surface area contributed by atoms with Crippen LogP contribution < -0.4 is 9.47 Å². The van der Waals surface area contributed by atoms with Gasteiger partial charge < -0.3 is 19.3 Å². The Hall–Kier alpha value is -3.31. The molecule has 0 amide bonds. The Morgan fingerprint density at radius 3 is 2.27 bits per heavy atom. The summed E-state index contributed by atoms with van der Waals surface area (Å²) >= 11 is 0. The number of ether oxygens (including phenoxy) is 3. The number of aliphatic carboxylic acids is 1. The van der Waals surface area contributed by atoms with Crippen molar-refractivity contribution in [3.8, 4) is 11.5 Å². The maximum absolute atomic E-state index is 10.8. The fraction of sp³-hybridized carbons (Fsp3) is 0.240. The van der Waals surface area contributed by atoms with E-state index in [4.69, 9.17) is 19.3 Å². The van der Waals surface area contributed by atoms with E-state index in [1.165, 1.54) is 0 Å². The van der Waals surface area contributed by atoms with Gasteiger partial charge in [-0.15, -0.1) is 0 Å². The number of hydrogen-bond acceptors (Lipinski definition) is 4. The summed E-state index contributed by atoms with van der Waals surface area (Å²) in [6.45, 7) is 0.721. The molecule has 0 aliphatic carbocycles. The predicted octanol–water partition coefficient (Wildman–Crippen LogP) is 4.82. The van der Waals surface area contributed by atoms with Gasteiger partial charge in [0, 0.05) is 18.1 Å². The van der Waals surface area contributed by atoms with Gasteiger partial charge in [-0.25, -0.2) is 4.79 Å². The lowest BCUT2D eigenvalue weighted by Gasteiger charge is -2.20. The highest BCUT2D eigenvalue weighted by atomic mass is 16.5. The number of carboxylic acids is 1. The first-order chi connectivity index (χ1) is 14.7. The fourth-order valence-electron chi connectivity index (χ4n) is 3.74. The summed E-state index contributed by atoms with van der Waals surface area (Å²) in [6, 6.07) is 26.0. The highest BCUT2D eigenvalue weighted by Crippen LogP contribution is 2.42. The molecule has 3 aromatic rings. The number of benzene rings is 3. The topological polar surface area (TPSA) is 65.0 Å². The van der Waals surface area contributed by atoms with Crippen molar-refractivity contribution in [1.29, 1.82) is 0 Å². The van der Waals surface area contributed by atoms with E-state index in [2.05, 4.69) is 24.3 Å². The van der Waals surface area contributed by atoms with Crippen molar-refractivity contribution in [3.05, 3.63) is 95.6 Å². The van der Waals surface area contributed by atoms with E-state index >= 15 is 0 Å². The van der Waals surface area contributed by atoms with Crippen molar-refractivity contribution < 1.29 is 24.1 Å². The van der Waals surface area contributed by atoms with Gasteiger partial charge in [-0.3, -0.25) is 0 Å². The second-order valence-electron chi connectivity index (χ2n) is 7.23. The maximum atomic E-state index is 10.8. The molecule has 5 heteroatoms. The van der Waals surface area contributed by atoms with Gasteiger partial charge in [0.2, 0.25) is 0 Å². The zero-order valence-electron chi connectivity index (χ0n) is 16.6. The maximum Gasteiger partial charge on any atom is 0.341 e. The average Bonchev–Trinajstić information content (AvgIpc) is 3.20. The molecule has 0 bridgehead atoms. The molecule has 4 rings (SSSR count). The predicted molar refractivity (Wildman–Crippen MR) is 113 cm³/mol. The Morgan fingerprint density at radius 1 is 0.967 bits per heavy atom. The summed E-state index contributed by atoms with van der Waals surface area (Å²) in [7, 11) is 0. The molecule has 0 spiro atoms. The average molecular weight is 404 g/mol. The monoisotopic (exact) mass is 404 g/mol. The van der Waals surface area contributed by atoms with Gasteiger partial charge in [0.15, 0.2) is 18.1 Å². The normalized spacial score (nSPS) is 14.9. The number of para-hydroxylation sites is 1. The van der Waals surface area contributed by atoms with Crippen LogP contribution in [0.5, 0.6) is 11.5 Å². The van der Waals surface area contributed by atoms with E-state index in [1.807, 2.05) is 48.5 Å². The molecule has 1 aliphatic heterocycles. The molecule has 1 N–H and O–H groups in total. The summed E-state index contributed by atoms with van der Waals surface area (Å²) in [5.74, 6) is 0.292. The number of hydrogen-bond donors (Lipinski definition) is 1. The van der Waals surface area contributed by atoms with Gasteiger partial charge in [0.1, 0.15) is 6.10 Å². The van der Waals surface area contributed by atoms with Gasteiger partial charge in [-0.2, -0.15) is 0 Å². The molecule has 0 fully saturated rings. The molecule has 1 aliphatic rings. The lowest BCUT2D eigenvalue weighted by Crippen LogP contribution is -2.11. The van der Waals surface area contributed by atoms with Crippen molar-refractivity contribution in [2.75, 3.05) is 19.8 Å². The number of fused-ring (bicyclic) bond motifs is 1. The third-order valence-electron chi connectivity index (χ3n) is 5.18. The van der Waals surface area contributed by atoms with Crippen molar-refractivity contribution in [2.24, 2.45) is 0 Å². The molecule has 1 unspecified atom stereocenters. The summed E-state index contributed by atoms with van der Waals surface area (Å²) < 4.78 is 17.5. The zero-order chi connectivity index (χ0) is 20.8. The van der Waals surface area contributed by atoms with Gasteiger partial charge in [0.25, 0.3) is 0 Å². The molecule has 154 valence electrons. The molecule has 1 atom stereocenters. The Morgan fingerprint density at radius 2 is 1.63 bits per heavy atom. The summed E-state index contributed by atoms with van der Waals surface area (Å²) in [4.78, 5) is 10.8. The minimum atomic E-state index is -1.01. The van der Waals surface area contributed by atoms with Crippen molar-refractivity contribution in [2.45, 2.75) is 18.4 Å². The third-order valence-corrected chi connectivity index (χ3v) is 5.18. The summed E-state index contributed by atoms with van der Waals surface area (Å²) in [5, 5.41) is 8.85. The van der Waals surface area contributed by atoms with E-state index in [0.717, 1.165) is 23.1 Å². The Kier molecular flexibility index (Phi) is 6.30. The Labute approximate surface area is 175 Å². The first kappa shape index (κ1) is 20.0. The molecule has 5 nitrogen and oxygen atoms in total. The summed E-state index contributed by atoms with van der Waals surface area (Å²) in [6.07, 6.45) is 0.672. The van der Waals surface area contributed by atoms with Crippen molar-refractivity contribution in [1.82, 2.24) is 0 Å². The van der Waals surface area contributed by atoms with Crippen LogP contribution >= 0.6 is 0 Å². The van der Waals surface area contributed by atoms with Crippen molar-refractivity contribution in [3.63, 3.8) is 0 Å². The van der Waals surface area contributed by atoms with Gasteiger partial charge in [0.05, 0.1) is 6.61 Å². The fourth-order valence-corrected chi connectivity index (χ4v) is 3.74. The van der Waals surface area contributed by atoms with Crippen LogP contribution in [-0.4, -0.2) is 30.9 Å². The van der Waals surface area contributed by atoms with Crippen LogP contribution in [0, 0.1) is 0 Å². The molecule has 0 saturated heterocycles. The summed E-state index contributed by atoms with van der Waals surface area (Å²) in [5.41, 5.74) is 3.28. The second-order valence-corrected chi connectivity index (χ2v) is 7.23. The second kappa shape index (κ2) is 9.46. The molecular formula is C25H24O5. The number of carbonyl (C=O) groups is 1. The van der Waals surface area contributed by atoms with Crippen LogP contribution in [0.1, 0.15) is 35.1 Å². The first-order valence-electron chi connectivity index (χ1n) is 10.0. The first-order valence-corrected chi connectivity index (χ1v) is 10.0. The SMILES string of the molecule is O=C(O)COc1cccc2c1OCC2CCOC(c1ccccc1)c1ccccc1. The van der Waals surface area contributed by atoms with E-state index in [9.17, 15) is 4.79 Å².